The number of nitrogens with two attached hydrogens (primary N) is 1. The Morgan fingerprint density at radius 3 is 2.70 bits per heavy atom. The highest BCUT2D eigenvalue weighted by molar-refractivity contribution is 5.43. The van der Waals surface area contributed by atoms with Crippen LogP contribution >= 0.6 is 0 Å². The van der Waals surface area contributed by atoms with Crippen molar-refractivity contribution in [3.8, 4) is 11.5 Å². The molecule has 0 aliphatic heterocycles. The fourth-order valence-electron chi connectivity index (χ4n) is 3.09. The Balaban J connectivity index is 2.11. The maximum atomic E-state index is 6.26. The van der Waals surface area contributed by atoms with E-state index >= 15 is 0 Å². The molecule has 1 aliphatic carbocycles. The van der Waals surface area contributed by atoms with Gasteiger partial charge in [0.15, 0.2) is 11.5 Å². The lowest BCUT2D eigenvalue weighted by atomic mass is 9.85. The minimum absolute atomic E-state index is 0.336. The molecule has 0 bridgehead atoms. The molecule has 112 valence electrons. The van der Waals surface area contributed by atoms with Crippen molar-refractivity contribution in [1.82, 2.24) is 0 Å². The van der Waals surface area contributed by atoms with E-state index in [1.54, 1.807) is 7.11 Å². The topological polar surface area (TPSA) is 44.5 Å². The number of benzene rings is 1. The lowest BCUT2D eigenvalue weighted by Gasteiger charge is -2.31. The Morgan fingerprint density at radius 1 is 1.20 bits per heavy atom. The van der Waals surface area contributed by atoms with Crippen LogP contribution < -0.4 is 15.2 Å². The van der Waals surface area contributed by atoms with Crippen LogP contribution in [0.25, 0.3) is 0 Å². The maximum Gasteiger partial charge on any atom is 0.161 e. The number of rotatable bonds is 6. The molecule has 2 N–H and O–H groups in total. The van der Waals surface area contributed by atoms with Crippen LogP contribution in [0.15, 0.2) is 18.2 Å². The van der Waals surface area contributed by atoms with Crippen molar-refractivity contribution in [2.75, 3.05) is 13.7 Å². The van der Waals surface area contributed by atoms with Gasteiger partial charge in [0.25, 0.3) is 0 Å². The second-order valence-electron chi connectivity index (χ2n) is 5.63. The highest BCUT2D eigenvalue weighted by atomic mass is 16.5. The summed E-state index contributed by atoms with van der Waals surface area (Å²) in [6.45, 7) is 2.91. The highest BCUT2D eigenvalue weighted by Crippen LogP contribution is 2.35. The van der Waals surface area contributed by atoms with Crippen LogP contribution in [0.2, 0.25) is 0 Å². The third-order valence-corrected chi connectivity index (χ3v) is 4.30. The lowest BCUT2D eigenvalue weighted by Crippen LogP contribution is -2.30. The van der Waals surface area contributed by atoms with E-state index in [0.29, 0.717) is 18.6 Å². The zero-order chi connectivity index (χ0) is 14.4. The quantitative estimate of drug-likeness (QED) is 0.865. The predicted molar refractivity (Wildman–Crippen MR) is 82.4 cm³/mol. The van der Waals surface area contributed by atoms with Gasteiger partial charge < -0.3 is 15.2 Å². The molecular formula is C17H27NO2. The second kappa shape index (κ2) is 7.53. The van der Waals surface area contributed by atoms with Crippen molar-refractivity contribution >= 4 is 0 Å². The van der Waals surface area contributed by atoms with Gasteiger partial charge in [-0.15, -0.1) is 0 Å². The first-order chi connectivity index (χ1) is 9.78. The van der Waals surface area contributed by atoms with Crippen molar-refractivity contribution < 1.29 is 9.47 Å². The minimum Gasteiger partial charge on any atom is -0.493 e. The second-order valence-corrected chi connectivity index (χ2v) is 5.63. The molecule has 0 heterocycles. The minimum atomic E-state index is 0.336. The first kappa shape index (κ1) is 15.2. The van der Waals surface area contributed by atoms with Crippen LogP contribution in [0.1, 0.15) is 44.6 Å². The van der Waals surface area contributed by atoms with E-state index in [-0.39, 0.29) is 0 Å². The molecule has 2 atom stereocenters. The van der Waals surface area contributed by atoms with E-state index in [4.69, 9.17) is 15.2 Å². The average Bonchev–Trinajstić information content (AvgIpc) is 2.49. The van der Waals surface area contributed by atoms with E-state index in [1.165, 1.54) is 31.2 Å². The summed E-state index contributed by atoms with van der Waals surface area (Å²) in [7, 11) is 1.70. The summed E-state index contributed by atoms with van der Waals surface area (Å²) in [5.41, 5.74) is 6.80. The van der Waals surface area contributed by atoms with E-state index in [0.717, 1.165) is 24.3 Å². The van der Waals surface area contributed by atoms with E-state index in [9.17, 15) is 0 Å². The van der Waals surface area contributed by atoms with Crippen LogP contribution in [0.4, 0.5) is 0 Å². The monoisotopic (exact) mass is 277 g/mol. The standard InChI is InChI=1S/C17H27NO2/c1-3-14-6-4-5-7-15(14)20-16-9-8-13(10-11-18)12-17(16)19-2/h8-9,12,14-15H,3-7,10-11,18H2,1-2H3. The van der Waals surface area contributed by atoms with Crippen LogP contribution in [0.5, 0.6) is 11.5 Å². The maximum absolute atomic E-state index is 6.26. The summed E-state index contributed by atoms with van der Waals surface area (Å²) in [5.74, 6) is 2.38. The molecule has 0 spiro atoms. The van der Waals surface area contributed by atoms with E-state index in [2.05, 4.69) is 13.0 Å². The van der Waals surface area contributed by atoms with Gasteiger partial charge in [-0.2, -0.15) is 0 Å². The number of ether oxygens (including phenoxy) is 2. The van der Waals surface area contributed by atoms with Crippen LogP contribution in [0.3, 0.4) is 0 Å². The smallest absolute Gasteiger partial charge is 0.161 e. The molecule has 1 aliphatic rings. The van der Waals surface area contributed by atoms with Crippen molar-refractivity contribution in [2.24, 2.45) is 11.7 Å². The van der Waals surface area contributed by atoms with Gasteiger partial charge in [0.1, 0.15) is 6.10 Å². The highest BCUT2D eigenvalue weighted by Gasteiger charge is 2.26. The third kappa shape index (κ3) is 3.66. The van der Waals surface area contributed by atoms with Gasteiger partial charge in [-0.3, -0.25) is 0 Å². The molecule has 0 amide bonds. The van der Waals surface area contributed by atoms with Crippen molar-refractivity contribution in [1.29, 1.82) is 0 Å². The summed E-state index contributed by atoms with van der Waals surface area (Å²) >= 11 is 0. The molecule has 1 saturated carbocycles. The zero-order valence-electron chi connectivity index (χ0n) is 12.7. The van der Waals surface area contributed by atoms with Crippen molar-refractivity contribution in [3.05, 3.63) is 23.8 Å². The van der Waals surface area contributed by atoms with Gasteiger partial charge in [-0.05, 0) is 62.3 Å². The fraction of sp³-hybridized carbons (Fsp3) is 0.647. The molecule has 2 rings (SSSR count). The summed E-state index contributed by atoms with van der Waals surface area (Å²) in [5, 5.41) is 0. The van der Waals surface area contributed by atoms with Crippen molar-refractivity contribution in [3.63, 3.8) is 0 Å². The molecule has 3 heteroatoms. The van der Waals surface area contributed by atoms with Gasteiger partial charge >= 0.3 is 0 Å². The zero-order valence-corrected chi connectivity index (χ0v) is 12.7. The van der Waals surface area contributed by atoms with E-state index in [1.807, 2.05) is 12.1 Å². The number of methoxy groups -OCH3 is 1. The van der Waals surface area contributed by atoms with Gasteiger partial charge in [0.2, 0.25) is 0 Å². The molecule has 0 saturated heterocycles. The molecular weight excluding hydrogens is 250 g/mol. The van der Waals surface area contributed by atoms with Crippen LogP contribution in [0, 0.1) is 5.92 Å². The predicted octanol–water partition coefficient (Wildman–Crippen LogP) is 3.54. The molecule has 1 fully saturated rings. The molecule has 0 aromatic heterocycles. The number of hydrogen-bond donors (Lipinski definition) is 1. The van der Waals surface area contributed by atoms with Gasteiger partial charge in [-0.25, -0.2) is 0 Å². The molecule has 3 nitrogen and oxygen atoms in total. The summed E-state index contributed by atoms with van der Waals surface area (Å²) in [6, 6.07) is 6.17. The van der Waals surface area contributed by atoms with Crippen LogP contribution in [-0.4, -0.2) is 19.8 Å². The fourth-order valence-corrected chi connectivity index (χ4v) is 3.09. The SMILES string of the molecule is CCC1CCCCC1Oc1ccc(CCN)cc1OC. The third-order valence-electron chi connectivity index (χ3n) is 4.30. The Labute approximate surface area is 122 Å². The largest absolute Gasteiger partial charge is 0.493 e. The lowest BCUT2D eigenvalue weighted by molar-refractivity contribution is 0.0873. The molecule has 1 aromatic carbocycles. The summed E-state index contributed by atoms with van der Waals surface area (Å²) in [4.78, 5) is 0. The Kier molecular flexibility index (Phi) is 5.72. The number of hydrogen-bond acceptors (Lipinski definition) is 3. The average molecular weight is 277 g/mol. The molecule has 20 heavy (non-hydrogen) atoms. The summed E-state index contributed by atoms with van der Waals surface area (Å²) in [6.07, 6.45) is 7.46. The normalized spacial score (nSPS) is 22.6. The summed E-state index contributed by atoms with van der Waals surface area (Å²) < 4.78 is 11.7. The van der Waals surface area contributed by atoms with Crippen LogP contribution in [-0.2, 0) is 6.42 Å². The molecule has 1 aromatic rings. The van der Waals surface area contributed by atoms with Gasteiger partial charge in [0.05, 0.1) is 7.11 Å². The Morgan fingerprint density at radius 2 is 2.00 bits per heavy atom. The Hall–Kier alpha value is -1.22. The van der Waals surface area contributed by atoms with Crippen molar-refractivity contribution in [2.45, 2.75) is 51.6 Å². The van der Waals surface area contributed by atoms with Gasteiger partial charge in [-0.1, -0.05) is 19.4 Å². The first-order valence-corrected chi connectivity index (χ1v) is 7.82. The molecule has 0 radical (unpaired) electrons. The van der Waals surface area contributed by atoms with E-state index < -0.39 is 0 Å². The van der Waals surface area contributed by atoms with Gasteiger partial charge in [0, 0.05) is 0 Å². The Bertz CT molecular complexity index is 419. The first-order valence-electron chi connectivity index (χ1n) is 7.82. The molecule has 2 unspecified atom stereocenters.